The van der Waals surface area contributed by atoms with Crippen molar-refractivity contribution in [1.29, 1.82) is 0 Å². The lowest BCUT2D eigenvalue weighted by Gasteiger charge is -2.24. The highest BCUT2D eigenvalue weighted by molar-refractivity contribution is 5.80. The molecule has 15 heavy (non-hydrogen) atoms. The summed E-state index contributed by atoms with van der Waals surface area (Å²) in [6, 6.07) is 0.427. The largest absolute Gasteiger partial charge is 0.367 e. The first kappa shape index (κ1) is 12.5. The van der Waals surface area contributed by atoms with Gasteiger partial charge >= 0.3 is 0 Å². The Balaban J connectivity index is 2.14. The fourth-order valence-electron chi connectivity index (χ4n) is 1.72. The summed E-state index contributed by atoms with van der Waals surface area (Å²) in [6.45, 7) is 6.08. The molecule has 2 atom stereocenters. The summed E-state index contributed by atoms with van der Waals surface area (Å²) in [4.78, 5) is 11.4. The Kier molecular flexibility index (Phi) is 5.65. The van der Waals surface area contributed by atoms with Crippen molar-refractivity contribution in [2.24, 2.45) is 0 Å². The Morgan fingerprint density at radius 2 is 2.40 bits per heavy atom. The van der Waals surface area contributed by atoms with Crippen molar-refractivity contribution in [2.75, 3.05) is 19.7 Å². The first-order valence-corrected chi connectivity index (χ1v) is 5.86. The molecule has 0 radical (unpaired) electrons. The molecule has 0 saturated carbocycles. The number of hydrogen-bond acceptors (Lipinski definition) is 3. The zero-order chi connectivity index (χ0) is 11.1. The predicted octanol–water partition coefficient (Wildman–Crippen LogP) is 0.670. The van der Waals surface area contributed by atoms with E-state index in [1.165, 1.54) is 12.8 Å². The van der Waals surface area contributed by atoms with Gasteiger partial charge in [0.2, 0.25) is 5.91 Å². The molecule has 1 aliphatic rings. The van der Waals surface area contributed by atoms with Gasteiger partial charge in [-0.1, -0.05) is 6.42 Å². The highest BCUT2D eigenvalue weighted by Crippen LogP contribution is 2.07. The van der Waals surface area contributed by atoms with Crippen molar-refractivity contribution in [2.45, 2.75) is 45.3 Å². The summed E-state index contributed by atoms with van der Waals surface area (Å²) < 4.78 is 5.52. The summed E-state index contributed by atoms with van der Waals surface area (Å²) in [7, 11) is 0. The molecule has 0 bridgehead atoms. The number of ether oxygens (including phenoxy) is 1. The smallest absolute Gasteiger partial charge is 0.248 e. The maximum atomic E-state index is 11.4. The molecule has 1 saturated heterocycles. The van der Waals surface area contributed by atoms with Gasteiger partial charge < -0.3 is 15.4 Å². The Bertz CT molecular complexity index is 191. The minimum absolute atomic E-state index is 0.0201. The van der Waals surface area contributed by atoms with E-state index in [4.69, 9.17) is 4.74 Å². The van der Waals surface area contributed by atoms with Crippen LogP contribution in [0.3, 0.4) is 0 Å². The number of rotatable bonds is 5. The van der Waals surface area contributed by atoms with Crippen LogP contribution in [-0.2, 0) is 9.53 Å². The van der Waals surface area contributed by atoms with E-state index in [1.54, 1.807) is 6.92 Å². The molecule has 1 aliphatic heterocycles. The van der Waals surface area contributed by atoms with Crippen LogP contribution in [0, 0.1) is 0 Å². The fourth-order valence-corrected chi connectivity index (χ4v) is 1.72. The van der Waals surface area contributed by atoms with Gasteiger partial charge in [-0.25, -0.2) is 0 Å². The maximum absolute atomic E-state index is 11.4. The zero-order valence-corrected chi connectivity index (χ0v) is 9.71. The van der Waals surface area contributed by atoms with Crippen LogP contribution in [-0.4, -0.2) is 37.7 Å². The minimum Gasteiger partial charge on any atom is -0.367 e. The van der Waals surface area contributed by atoms with Gasteiger partial charge in [0, 0.05) is 12.6 Å². The quantitative estimate of drug-likeness (QED) is 0.707. The lowest BCUT2D eigenvalue weighted by atomic mass is 10.1. The molecule has 4 heteroatoms. The summed E-state index contributed by atoms with van der Waals surface area (Å²) in [5.74, 6) is -0.0201. The number of hydrogen-bond donors (Lipinski definition) is 2. The van der Waals surface area contributed by atoms with Crippen LogP contribution in [0.25, 0.3) is 0 Å². The minimum atomic E-state index is -0.339. The lowest BCUT2D eigenvalue weighted by Crippen LogP contribution is -2.41. The molecule has 0 spiro atoms. The van der Waals surface area contributed by atoms with Crippen LogP contribution in [0.4, 0.5) is 0 Å². The summed E-state index contributed by atoms with van der Waals surface area (Å²) in [6.07, 6.45) is 3.33. The third kappa shape index (κ3) is 4.62. The van der Waals surface area contributed by atoms with Gasteiger partial charge in [0.1, 0.15) is 6.10 Å². The number of carbonyl (C=O) groups excluding carboxylic acids is 1. The van der Waals surface area contributed by atoms with Crippen LogP contribution >= 0.6 is 0 Å². The van der Waals surface area contributed by atoms with E-state index in [0.717, 1.165) is 13.0 Å². The fraction of sp³-hybridized carbons (Fsp3) is 0.909. The van der Waals surface area contributed by atoms with Gasteiger partial charge in [0.25, 0.3) is 0 Å². The standard InChI is InChI=1S/C11H22N2O2/c1-3-12-11(14)9(2)15-8-10-6-4-5-7-13-10/h9-10,13H,3-8H2,1-2H3,(H,12,14). The second-order valence-electron chi connectivity index (χ2n) is 4.02. The molecule has 2 N–H and O–H groups in total. The van der Waals surface area contributed by atoms with Crippen molar-refractivity contribution in [3.8, 4) is 0 Å². The molecule has 4 nitrogen and oxygen atoms in total. The third-order valence-corrected chi connectivity index (χ3v) is 2.68. The number of carbonyl (C=O) groups is 1. The van der Waals surface area contributed by atoms with Gasteiger partial charge in [0.05, 0.1) is 6.61 Å². The van der Waals surface area contributed by atoms with E-state index in [9.17, 15) is 4.79 Å². The first-order chi connectivity index (χ1) is 7.24. The lowest BCUT2D eigenvalue weighted by molar-refractivity contribution is -0.132. The molecule has 0 aromatic heterocycles. The van der Waals surface area contributed by atoms with Gasteiger partial charge in [-0.15, -0.1) is 0 Å². The topological polar surface area (TPSA) is 50.4 Å². The molecule has 2 unspecified atom stereocenters. The van der Waals surface area contributed by atoms with E-state index < -0.39 is 0 Å². The SMILES string of the molecule is CCNC(=O)C(C)OCC1CCCCN1. The predicted molar refractivity (Wildman–Crippen MR) is 59.7 cm³/mol. The van der Waals surface area contributed by atoms with E-state index in [1.807, 2.05) is 6.92 Å². The van der Waals surface area contributed by atoms with E-state index >= 15 is 0 Å². The highest BCUT2D eigenvalue weighted by atomic mass is 16.5. The summed E-state index contributed by atoms with van der Waals surface area (Å²) >= 11 is 0. The zero-order valence-electron chi connectivity index (χ0n) is 9.71. The van der Waals surface area contributed by atoms with E-state index in [0.29, 0.717) is 19.2 Å². The van der Waals surface area contributed by atoms with Gasteiger partial charge in [0.15, 0.2) is 0 Å². The van der Waals surface area contributed by atoms with E-state index in [-0.39, 0.29) is 12.0 Å². The van der Waals surface area contributed by atoms with Crippen LogP contribution in [0.5, 0.6) is 0 Å². The third-order valence-electron chi connectivity index (χ3n) is 2.68. The number of amides is 1. The second kappa shape index (κ2) is 6.80. The van der Waals surface area contributed by atoms with Gasteiger partial charge in [-0.2, -0.15) is 0 Å². The normalized spacial score (nSPS) is 23.5. The molecule has 88 valence electrons. The molecular formula is C11H22N2O2. The number of nitrogens with one attached hydrogen (secondary N) is 2. The van der Waals surface area contributed by atoms with Crippen molar-refractivity contribution in [3.63, 3.8) is 0 Å². The van der Waals surface area contributed by atoms with Gasteiger partial charge in [-0.3, -0.25) is 4.79 Å². The van der Waals surface area contributed by atoms with Crippen molar-refractivity contribution < 1.29 is 9.53 Å². The molecular weight excluding hydrogens is 192 g/mol. The van der Waals surface area contributed by atoms with Crippen LogP contribution < -0.4 is 10.6 Å². The Labute approximate surface area is 91.8 Å². The van der Waals surface area contributed by atoms with Crippen molar-refractivity contribution in [3.05, 3.63) is 0 Å². The number of piperidine rings is 1. The average Bonchev–Trinajstić information content (AvgIpc) is 2.27. The molecule has 1 heterocycles. The highest BCUT2D eigenvalue weighted by Gasteiger charge is 2.17. The Hall–Kier alpha value is -0.610. The molecule has 0 aromatic carbocycles. The summed E-state index contributed by atoms with van der Waals surface area (Å²) in [5.41, 5.74) is 0. The number of likely N-dealkylation sites (N-methyl/N-ethyl adjacent to an activating group) is 1. The van der Waals surface area contributed by atoms with Crippen molar-refractivity contribution >= 4 is 5.91 Å². The second-order valence-corrected chi connectivity index (χ2v) is 4.02. The van der Waals surface area contributed by atoms with Gasteiger partial charge in [-0.05, 0) is 33.2 Å². The van der Waals surface area contributed by atoms with Crippen LogP contribution in [0.15, 0.2) is 0 Å². The molecule has 1 amide bonds. The molecule has 1 fully saturated rings. The molecule has 0 aromatic rings. The Morgan fingerprint density at radius 1 is 1.60 bits per heavy atom. The van der Waals surface area contributed by atoms with E-state index in [2.05, 4.69) is 10.6 Å². The van der Waals surface area contributed by atoms with Crippen molar-refractivity contribution in [1.82, 2.24) is 10.6 Å². The average molecular weight is 214 g/mol. The first-order valence-electron chi connectivity index (χ1n) is 5.86. The Morgan fingerprint density at radius 3 is 3.00 bits per heavy atom. The summed E-state index contributed by atoms with van der Waals surface area (Å²) in [5, 5.41) is 6.14. The molecule has 1 rings (SSSR count). The monoisotopic (exact) mass is 214 g/mol. The molecule has 0 aliphatic carbocycles. The van der Waals surface area contributed by atoms with Crippen LogP contribution in [0.1, 0.15) is 33.1 Å². The van der Waals surface area contributed by atoms with Crippen LogP contribution in [0.2, 0.25) is 0 Å². The maximum Gasteiger partial charge on any atom is 0.248 e.